The van der Waals surface area contributed by atoms with Crippen LogP contribution in [0.1, 0.15) is 37.8 Å². The van der Waals surface area contributed by atoms with Crippen molar-refractivity contribution in [2.75, 3.05) is 0 Å². The van der Waals surface area contributed by atoms with Gasteiger partial charge >= 0.3 is 17.8 Å². The summed E-state index contributed by atoms with van der Waals surface area (Å²) in [4.78, 5) is 1.22. The number of alkyl halides is 6. The van der Waals surface area contributed by atoms with Crippen molar-refractivity contribution in [2.24, 2.45) is 0 Å². The van der Waals surface area contributed by atoms with E-state index in [2.05, 4.69) is 0 Å². The van der Waals surface area contributed by atoms with Crippen LogP contribution in [0.2, 0.25) is 0 Å². The summed E-state index contributed by atoms with van der Waals surface area (Å²) < 4.78 is 89.9. The topological polar surface area (TPSA) is 0 Å². The van der Waals surface area contributed by atoms with Crippen LogP contribution in [0, 0.1) is 0 Å². The Labute approximate surface area is 219 Å². The number of halogens is 6. The van der Waals surface area contributed by atoms with Crippen LogP contribution in [-0.2, 0) is 0 Å². The molecule has 2 aromatic carbocycles. The van der Waals surface area contributed by atoms with Gasteiger partial charge in [-0.25, -0.2) is 0 Å². The van der Waals surface area contributed by atoms with Gasteiger partial charge in [0.15, 0.2) is 0 Å². The van der Waals surface area contributed by atoms with Gasteiger partial charge in [0.2, 0.25) is 0 Å². The minimum atomic E-state index is -5.55. The molecule has 0 saturated heterocycles. The molecule has 0 bridgehead atoms. The summed E-state index contributed by atoms with van der Waals surface area (Å²) in [7, 11) is 0. The lowest BCUT2D eigenvalue weighted by Crippen LogP contribution is -2.52. The standard InChI is InChI=1S/C29H22F6S2/c1-3-25-19(15-21(36-25)17-11-7-5-8-12-17)23-24(28(32,33)29(34,35)27(23,30)31)20-16-22(37-26(20,25)4-2)18-13-9-6-10-14-18/h5-16H,3-4H2,1-2H3. The Kier molecular flexibility index (Phi) is 5.30. The van der Waals surface area contributed by atoms with Gasteiger partial charge in [-0.1, -0.05) is 74.5 Å². The van der Waals surface area contributed by atoms with Crippen LogP contribution in [0.4, 0.5) is 26.3 Å². The van der Waals surface area contributed by atoms with Gasteiger partial charge < -0.3 is 0 Å². The summed E-state index contributed by atoms with van der Waals surface area (Å²) >= 11 is 2.67. The number of allylic oxidation sites excluding steroid dienone is 4. The zero-order valence-corrected chi connectivity index (χ0v) is 21.6. The van der Waals surface area contributed by atoms with Gasteiger partial charge in [0.05, 0.1) is 9.49 Å². The molecule has 0 spiro atoms. The van der Waals surface area contributed by atoms with E-state index in [0.717, 1.165) is 11.1 Å². The molecule has 192 valence electrons. The Bertz CT molecular complexity index is 1310. The van der Waals surface area contributed by atoms with E-state index in [9.17, 15) is 8.78 Å². The van der Waals surface area contributed by atoms with E-state index in [1.807, 2.05) is 50.2 Å². The highest BCUT2D eigenvalue weighted by Gasteiger charge is 2.84. The second kappa shape index (κ2) is 7.85. The Morgan fingerprint density at radius 2 is 0.919 bits per heavy atom. The molecule has 2 aromatic rings. The highest BCUT2D eigenvalue weighted by Crippen LogP contribution is 2.76. The van der Waals surface area contributed by atoms with Crippen LogP contribution < -0.4 is 0 Å². The summed E-state index contributed by atoms with van der Waals surface area (Å²) in [6.07, 6.45) is 3.51. The third-order valence-corrected chi connectivity index (χ3v) is 11.6. The Morgan fingerprint density at radius 1 is 0.568 bits per heavy atom. The molecule has 1 fully saturated rings. The van der Waals surface area contributed by atoms with Gasteiger partial charge in [-0.2, -0.15) is 26.3 Å². The first kappa shape index (κ1) is 25.0. The van der Waals surface area contributed by atoms with E-state index in [4.69, 9.17) is 0 Å². The minimum Gasteiger partial charge on any atom is -0.194 e. The number of rotatable bonds is 4. The maximum Gasteiger partial charge on any atom is 0.380 e. The molecule has 4 aliphatic rings. The highest BCUT2D eigenvalue weighted by molar-refractivity contribution is 8.14. The fourth-order valence-electron chi connectivity index (χ4n) is 6.21. The van der Waals surface area contributed by atoms with E-state index in [1.165, 1.54) is 35.7 Å². The second-order valence-electron chi connectivity index (χ2n) is 9.62. The number of hydrogen-bond acceptors (Lipinski definition) is 2. The van der Waals surface area contributed by atoms with Gasteiger partial charge in [0.25, 0.3) is 0 Å². The molecular formula is C29H22F6S2. The fourth-order valence-corrected chi connectivity index (χ4v) is 9.74. The van der Waals surface area contributed by atoms with Crippen molar-refractivity contribution < 1.29 is 26.3 Å². The third-order valence-electron chi connectivity index (χ3n) is 7.96. The van der Waals surface area contributed by atoms with Crippen LogP contribution in [0.5, 0.6) is 0 Å². The van der Waals surface area contributed by atoms with Crippen molar-refractivity contribution in [3.8, 4) is 0 Å². The largest absolute Gasteiger partial charge is 0.380 e. The van der Waals surface area contributed by atoms with E-state index in [0.29, 0.717) is 22.7 Å². The van der Waals surface area contributed by atoms with Crippen molar-refractivity contribution in [1.29, 1.82) is 0 Å². The average molecular weight is 549 g/mol. The maximum absolute atomic E-state index is 15.5. The van der Waals surface area contributed by atoms with Gasteiger partial charge in [0, 0.05) is 21.0 Å². The molecule has 0 nitrogen and oxygen atoms in total. The third kappa shape index (κ3) is 2.86. The van der Waals surface area contributed by atoms with Crippen molar-refractivity contribution in [3.63, 3.8) is 0 Å². The zero-order valence-electron chi connectivity index (χ0n) is 19.9. The SMILES string of the molecule is CCC12SC(c3ccccc3)=CC1=C1C(=C3C=C(c4ccccc4)SC32CC)C(F)(F)C(F)(F)C1(F)F. The van der Waals surface area contributed by atoms with E-state index >= 15 is 17.6 Å². The fraction of sp³-hybridized carbons (Fsp3) is 0.310. The molecule has 0 N–H and O–H groups in total. The number of benzene rings is 2. The van der Waals surface area contributed by atoms with E-state index in [1.54, 1.807) is 24.3 Å². The van der Waals surface area contributed by atoms with E-state index < -0.39 is 38.4 Å². The molecule has 2 unspecified atom stereocenters. The predicted molar refractivity (Wildman–Crippen MR) is 139 cm³/mol. The quantitative estimate of drug-likeness (QED) is 0.349. The summed E-state index contributed by atoms with van der Waals surface area (Å²) in [6, 6.07) is 18.1. The average Bonchev–Trinajstić information content (AvgIpc) is 3.51. The zero-order chi connectivity index (χ0) is 26.4. The lowest BCUT2D eigenvalue weighted by atomic mass is 9.67. The number of thioether (sulfide) groups is 2. The molecule has 6 rings (SSSR count). The first-order valence-corrected chi connectivity index (χ1v) is 13.7. The molecule has 2 aliphatic heterocycles. The first-order chi connectivity index (χ1) is 17.5. The van der Waals surface area contributed by atoms with Gasteiger partial charge in [0.1, 0.15) is 0 Å². The summed E-state index contributed by atoms with van der Waals surface area (Å²) in [5.74, 6) is -15.6. The molecule has 2 atom stereocenters. The molecular weight excluding hydrogens is 526 g/mol. The summed E-state index contributed by atoms with van der Waals surface area (Å²) in [5.41, 5.74) is -1.14. The second-order valence-corrected chi connectivity index (χ2v) is 12.3. The van der Waals surface area contributed by atoms with Gasteiger partial charge in [-0.3, -0.25) is 0 Å². The molecule has 2 aliphatic carbocycles. The van der Waals surface area contributed by atoms with E-state index in [-0.39, 0.29) is 11.1 Å². The molecule has 1 saturated carbocycles. The van der Waals surface area contributed by atoms with Gasteiger partial charge in [-0.05, 0) is 47.3 Å². The smallest absolute Gasteiger partial charge is 0.194 e. The number of fused-ring (bicyclic) bond motifs is 4. The summed E-state index contributed by atoms with van der Waals surface area (Å²) in [6.45, 7) is 3.64. The molecule has 0 aromatic heterocycles. The van der Waals surface area contributed by atoms with Crippen LogP contribution in [0.25, 0.3) is 9.81 Å². The molecule has 0 amide bonds. The first-order valence-electron chi connectivity index (χ1n) is 12.0. The molecule has 0 radical (unpaired) electrons. The Hall–Kier alpha value is -2.32. The van der Waals surface area contributed by atoms with Crippen LogP contribution in [0.3, 0.4) is 0 Å². The predicted octanol–water partition coefficient (Wildman–Crippen LogP) is 9.39. The lowest BCUT2D eigenvalue weighted by Gasteiger charge is -2.50. The molecule has 2 heterocycles. The van der Waals surface area contributed by atoms with Crippen LogP contribution in [0.15, 0.2) is 95.1 Å². The van der Waals surface area contributed by atoms with Crippen molar-refractivity contribution in [2.45, 2.75) is 54.0 Å². The Morgan fingerprint density at radius 3 is 1.24 bits per heavy atom. The Balaban J connectivity index is 1.72. The number of hydrogen-bond donors (Lipinski definition) is 0. The highest BCUT2D eigenvalue weighted by atomic mass is 32.2. The molecule has 37 heavy (non-hydrogen) atoms. The lowest BCUT2D eigenvalue weighted by molar-refractivity contribution is -0.258. The van der Waals surface area contributed by atoms with Gasteiger partial charge in [-0.15, -0.1) is 23.5 Å². The maximum atomic E-state index is 15.5. The van der Waals surface area contributed by atoms with Crippen LogP contribution in [-0.4, -0.2) is 27.3 Å². The minimum absolute atomic E-state index is 0.100. The van der Waals surface area contributed by atoms with Crippen molar-refractivity contribution >= 4 is 33.3 Å². The normalized spacial score (nSPS) is 30.6. The van der Waals surface area contributed by atoms with Crippen LogP contribution >= 0.6 is 23.5 Å². The monoisotopic (exact) mass is 548 g/mol. The van der Waals surface area contributed by atoms with Crippen molar-refractivity contribution in [1.82, 2.24) is 0 Å². The van der Waals surface area contributed by atoms with Crippen molar-refractivity contribution in [3.05, 3.63) is 106 Å². The summed E-state index contributed by atoms with van der Waals surface area (Å²) in [5, 5.41) is 0. The molecule has 8 heteroatoms.